The lowest BCUT2D eigenvalue weighted by molar-refractivity contribution is 0.279. The van der Waals surface area contributed by atoms with Crippen molar-refractivity contribution >= 4 is 0 Å². The van der Waals surface area contributed by atoms with E-state index in [4.69, 9.17) is 10.5 Å². The Morgan fingerprint density at radius 3 is 2.65 bits per heavy atom. The molecule has 0 fully saturated rings. The zero-order valence-corrected chi connectivity index (χ0v) is 9.76. The van der Waals surface area contributed by atoms with Crippen molar-refractivity contribution in [3.8, 4) is 6.01 Å². The Labute approximate surface area is 100 Å². The molecule has 0 radical (unpaired) electrons. The topological polar surface area (TPSA) is 61.0 Å². The van der Waals surface area contributed by atoms with Crippen LogP contribution in [0.1, 0.15) is 16.8 Å². The van der Waals surface area contributed by atoms with E-state index in [0.29, 0.717) is 19.2 Å². The third kappa shape index (κ3) is 3.01. The van der Waals surface area contributed by atoms with Crippen LogP contribution >= 0.6 is 0 Å². The fourth-order valence-corrected chi connectivity index (χ4v) is 1.46. The highest BCUT2D eigenvalue weighted by atomic mass is 16.5. The van der Waals surface area contributed by atoms with Crippen LogP contribution in [0.25, 0.3) is 0 Å². The number of hydrogen-bond acceptors (Lipinski definition) is 4. The van der Waals surface area contributed by atoms with Gasteiger partial charge in [0, 0.05) is 24.0 Å². The highest BCUT2D eigenvalue weighted by molar-refractivity contribution is 5.18. The van der Waals surface area contributed by atoms with Crippen molar-refractivity contribution in [1.82, 2.24) is 9.97 Å². The molecule has 0 saturated heterocycles. The largest absolute Gasteiger partial charge is 0.459 e. The van der Waals surface area contributed by atoms with E-state index < -0.39 is 0 Å². The minimum atomic E-state index is 0.392. The van der Waals surface area contributed by atoms with Gasteiger partial charge in [0.25, 0.3) is 0 Å². The van der Waals surface area contributed by atoms with Crippen molar-refractivity contribution in [3.63, 3.8) is 0 Å². The van der Waals surface area contributed by atoms with Crippen LogP contribution in [0.4, 0.5) is 0 Å². The van der Waals surface area contributed by atoms with Crippen LogP contribution < -0.4 is 10.5 Å². The van der Waals surface area contributed by atoms with Gasteiger partial charge < -0.3 is 10.5 Å². The molecule has 4 nitrogen and oxygen atoms in total. The van der Waals surface area contributed by atoms with Gasteiger partial charge in [0.2, 0.25) is 0 Å². The lowest BCUT2D eigenvalue weighted by atomic mass is 10.2. The van der Waals surface area contributed by atoms with Crippen molar-refractivity contribution in [1.29, 1.82) is 0 Å². The SMILES string of the molecule is Cc1nc(OCc2ccccc2)ncc1CN. The average Bonchev–Trinajstić information content (AvgIpc) is 2.38. The minimum absolute atomic E-state index is 0.392. The van der Waals surface area contributed by atoms with Gasteiger partial charge in [-0.3, -0.25) is 0 Å². The number of ether oxygens (including phenoxy) is 1. The third-order valence-electron chi connectivity index (χ3n) is 2.49. The number of aromatic nitrogens is 2. The number of benzene rings is 1. The highest BCUT2D eigenvalue weighted by Crippen LogP contribution is 2.10. The molecule has 0 unspecified atom stereocenters. The second-order valence-electron chi connectivity index (χ2n) is 3.74. The summed E-state index contributed by atoms with van der Waals surface area (Å²) in [5.74, 6) is 0. The molecule has 1 aromatic heterocycles. The van der Waals surface area contributed by atoms with E-state index in [-0.39, 0.29) is 0 Å². The molecule has 0 atom stereocenters. The Morgan fingerprint density at radius 1 is 1.24 bits per heavy atom. The smallest absolute Gasteiger partial charge is 0.316 e. The molecular formula is C13H15N3O. The maximum Gasteiger partial charge on any atom is 0.316 e. The quantitative estimate of drug-likeness (QED) is 0.868. The number of hydrogen-bond donors (Lipinski definition) is 1. The zero-order chi connectivity index (χ0) is 12.1. The first-order valence-corrected chi connectivity index (χ1v) is 5.49. The predicted octanol–water partition coefficient (Wildman–Crippen LogP) is 1.82. The molecular weight excluding hydrogens is 214 g/mol. The number of rotatable bonds is 4. The van der Waals surface area contributed by atoms with Gasteiger partial charge in [-0.05, 0) is 12.5 Å². The van der Waals surface area contributed by atoms with Crippen LogP contribution in [0, 0.1) is 6.92 Å². The third-order valence-corrected chi connectivity index (χ3v) is 2.49. The van der Waals surface area contributed by atoms with Crippen LogP contribution in [0.15, 0.2) is 36.5 Å². The maximum atomic E-state index is 5.54. The van der Waals surface area contributed by atoms with Crippen LogP contribution in [0.3, 0.4) is 0 Å². The van der Waals surface area contributed by atoms with Crippen LogP contribution in [0.2, 0.25) is 0 Å². The van der Waals surface area contributed by atoms with E-state index in [2.05, 4.69) is 9.97 Å². The van der Waals surface area contributed by atoms with E-state index in [1.165, 1.54) is 0 Å². The first-order valence-electron chi connectivity index (χ1n) is 5.49. The number of aryl methyl sites for hydroxylation is 1. The van der Waals surface area contributed by atoms with Crippen molar-refractivity contribution in [2.24, 2.45) is 5.73 Å². The number of nitrogens with zero attached hydrogens (tertiary/aromatic N) is 2. The molecule has 2 aromatic rings. The van der Waals surface area contributed by atoms with Crippen LogP contribution in [-0.4, -0.2) is 9.97 Å². The lowest BCUT2D eigenvalue weighted by Crippen LogP contribution is -2.05. The zero-order valence-electron chi connectivity index (χ0n) is 9.76. The molecule has 2 rings (SSSR count). The average molecular weight is 229 g/mol. The summed E-state index contributed by atoms with van der Waals surface area (Å²) in [7, 11) is 0. The van der Waals surface area contributed by atoms with Gasteiger partial charge in [0.05, 0.1) is 0 Å². The first-order chi connectivity index (χ1) is 8.29. The molecule has 0 amide bonds. The van der Waals surface area contributed by atoms with Gasteiger partial charge in [0.1, 0.15) is 6.61 Å². The Bertz CT molecular complexity index is 485. The summed E-state index contributed by atoms with van der Waals surface area (Å²) < 4.78 is 5.51. The summed E-state index contributed by atoms with van der Waals surface area (Å²) in [4.78, 5) is 8.36. The van der Waals surface area contributed by atoms with Gasteiger partial charge in [0.15, 0.2) is 0 Å². The van der Waals surface area contributed by atoms with Crippen molar-refractivity contribution in [3.05, 3.63) is 53.3 Å². The van der Waals surface area contributed by atoms with Crippen molar-refractivity contribution in [2.45, 2.75) is 20.1 Å². The van der Waals surface area contributed by atoms with Gasteiger partial charge >= 0.3 is 6.01 Å². The van der Waals surface area contributed by atoms with Crippen LogP contribution in [-0.2, 0) is 13.2 Å². The monoisotopic (exact) mass is 229 g/mol. The molecule has 0 bridgehead atoms. The summed E-state index contributed by atoms with van der Waals surface area (Å²) in [5, 5.41) is 0. The molecule has 0 aliphatic rings. The second-order valence-corrected chi connectivity index (χ2v) is 3.74. The van der Waals surface area contributed by atoms with Gasteiger partial charge in [-0.25, -0.2) is 9.97 Å². The highest BCUT2D eigenvalue weighted by Gasteiger charge is 2.02. The fourth-order valence-electron chi connectivity index (χ4n) is 1.46. The molecule has 0 saturated carbocycles. The normalized spacial score (nSPS) is 10.2. The van der Waals surface area contributed by atoms with E-state index in [1.807, 2.05) is 37.3 Å². The molecule has 1 heterocycles. The van der Waals surface area contributed by atoms with E-state index in [1.54, 1.807) is 6.20 Å². The molecule has 88 valence electrons. The van der Waals surface area contributed by atoms with Crippen molar-refractivity contribution < 1.29 is 4.74 Å². The Hall–Kier alpha value is -1.94. The Balaban J connectivity index is 2.02. The van der Waals surface area contributed by atoms with E-state index >= 15 is 0 Å². The summed E-state index contributed by atoms with van der Waals surface area (Å²) >= 11 is 0. The van der Waals surface area contributed by atoms with Gasteiger partial charge in [-0.1, -0.05) is 30.3 Å². The summed E-state index contributed by atoms with van der Waals surface area (Å²) in [5.41, 5.74) is 8.45. The van der Waals surface area contributed by atoms with Crippen molar-refractivity contribution in [2.75, 3.05) is 0 Å². The predicted molar refractivity (Wildman–Crippen MR) is 65.4 cm³/mol. The molecule has 0 spiro atoms. The van der Waals surface area contributed by atoms with E-state index in [0.717, 1.165) is 16.8 Å². The van der Waals surface area contributed by atoms with Gasteiger partial charge in [-0.2, -0.15) is 0 Å². The fraction of sp³-hybridized carbons (Fsp3) is 0.231. The summed E-state index contributed by atoms with van der Waals surface area (Å²) in [6.07, 6.45) is 1.71. The minimum Gasteiger partial charge on any atom is -0.459 e. The summed E-state index contributed by atoms with van der Waals surface area (Å²) in [6.45, 7) is 2.83. The van der Waals surface area contributed by atoms with Gasteiger partial charge in [-0.15, -0.1) is 0 Å². The lowest BCUT2D eigenvalue weighted by Gasteiger charge is -2.06. The van der Waals surface area contributed by atoms with Crippen LogP contribution in [0.5, 0.6) is 6.01 Å². The molecule has 2 N–H and O–H groups in total. The van der Waals surface area contributed by atoms with E-state index in [9.17, 15) is 0 Å². The molecule has 0 aliphatic carbocycles. The maximum absolute atomic E-state index is 5.54. The Kier molecular flexibility index (Phi) is 3.67. The second kappa shape index (κ2) is 5.41. The first kappa shape index (κ1) is 11.5. The molecule has 0 aliphatic heterocycles. The molecule has 1 aromatic carbocycles. The molecule has 17 heavy (non-hydrogen) atoms. The number of nitrogens with two attached hydrogens (primary N) is 1. The Morgan fingerprint density at radius 2 is 2.00 bits per heavy atom. The summed E-state index contributed by atoms with van der Waals surface area (Å²) in [6, 6.07) is 10.3. The molecule has 4 heteroatoms. The standard InChI is InChI=1S/C13H15N3O/c1-10-12(7-14)8-15-13(16-10)17-9-11-5-3-2-4-6-11/h2-6,8H,7,9,14H2,1H3.